The molecule has 6 heteroatoms. The number of amides is 1. The summed E-state index contributed by atoms with van der Waals surface area (Å²) in [5.74, 6) is 0.477. The standard InChI is InChI=1S/C15H20Cl2N2O2/c1-11(21-14-5-4-12(16)10-13(14)17)15(20)19-7-3-6-18(2)8-9-19/h4-5,10-11H,3,6-9H2,1-2H3. The summed E-state index contributed by atoms with van der Waals surface area (Å²) in [4.78, 5) is 16.5. The van der Waals surface area contributed by atoms with Crippen LogP contribution in [0.4, 0.5) is 0 Å². The summed E-state index contributed by atoms with van der Waals surface area (Å²) in [6, 6.07) is 4.99. The van der Waals surface area contributed by atoms with E-state index in [1.54, 1.807) is 25.1 Å². The minimum absolute atomic E-state index is 0.00341. The third-order valence-electron chi connectivity index (χ3n) is 3.58. The molecule has 1 atom stereocenters. The van der Waals surface area contributed by atoms with E-state index in [-0.39, 0.29) is 5.91 Å². The molecular formula is C15H20Cl2N2O2. The van der Waals surface area contributed by atoms with Gasteiger partial charge in [-0.15, -0.1) is 0 Å². The minimum Gasteiger partial charge on any atom is -0.479 e. The fraction of sp³-hybridized carbons (Fsp3) is 0.533. The molecule has 0 N–H and O–H groups in total. The second-order valence-corrected chi connectivity index (χ2v) is 6.16. The maximum absolute atomic E-state index is 12.5. The monoisotopic (exact) mass is 330 g/mol. The summed E-state index contributed by atoms with van der Waals surface area (Å²) >= 11 is 11.9. The molecule has 0 saturated carbocycles. The third kappa shape index (κ3) is 4.50. The van der Waals surface area contributed by atoms with Crippen LogP contribution in [0.2, 0.25) is 10.0 Å². The topological polar surface area (TPSA) is 32.8 Å². The normalized spacial score (nSPS) is 18.2. The lowest BCUT2D eigenvalue weighted by Gasteiger charge is -2.25. The Hall–Kier alpha value is -0.970. The largest absolute Gasteiger partial charge is 0.479 e. The summed E-state index contributed by atoms with van der Waals surface area (Å²) in [7, 11) is 2.07. The molecule has 0 radical (unpaired) electrons. The Morgan fingerprint density at radius 1 is 1.24 bits per heavy atom. The van der Waals surface area contributed by atoms with Crippen molar-refractivity contribution >= 4 is 29.1 Å². The van der Waals surface area contributed by atoms with E-state index < -0.39 is 6.10 Å². The Kier molecular flexibility index (Phi) is 5.73. The molecule has 1 aromatic carbocycles. The van der Waals surface area contributed by atoms with Crippen molar-refractivity contribution in [3.8, 4) is 5.75 Å². The maximum Gasteiger partial charge on any atom is 0.263 e. The highest BCUT2D eigenvalue weighted by atomic mass is 35.5. The van der Waals surface area contributed by atoms with Gasteiger partial charge < -0.3 is 14.5 Å². The summed E-state index contributed by atoms with van der Waals surface area (Å²) in [6.45, 7) is 5.16. The van der Waals surface area contributed by atoms with Crippen molar-refractivity contribution in [2.24, 2.45) is 0 Å². The number of likely N-dealkylation sites (N-methyl/N-ethyl adjacent to an activating group) is 1. The quantitative estimate of drug-likeness (QED) is 0.854. The molecule has 0 aromatic heterocycles. The first-order valence-electron chi connectivity index (χ1n) is 7.06. The van der Waals surface area contributed by atoms with Crippen LogP contribution < -0.4 is 4.74 Å². The lowest BCUT2D eigenvalue weighted by Crippen LogP contribution is -2.42. The number of halogens is 2. The molecule has 1 amide bonds. The molecule has 2 rings (SSSR count). The fourth-order valence-corrected chi connectivity index (χ4v) is 2.79. The van der Waals surface area contributed by atoms with E-state index in [0.29, 0.717) is 15.8 Å². The number of hydrogen-bond donors (Lipinski definition) is 0. The second kappa shape index (κ2) is 7.34. The zero-order valence-corrected chi connectivity index (χ0v) is 13.8. The van der Waals surface area contributed by atoms with Crippen LogP contribution in [0.5, 0.6) is 5.75 Å². The van der Waals surface area contributed by atoms with Crippen LogP contribution in [-0.4, -0.2) is 55.0 Å². The number of ether oxygens (including phenoxy) is 1. The van der Waals surface area contributed by atoms with Crippen LogP contribution in [0.15, 0.2) is 18.2 Å². The molecule has 1 aliphatic heterocycles. The molecule has 1 aliphatic rings. The highest BCUT2D eigenvalue weighted by Gasteiger charge is 2.24. The van der Waals surface area contributed by atoms with Gasteiger partial charge in [-0.2, -0.15) is 0 Å². The van der Waals surface area contributed by atoms with E-state index in [1.807, 2.05) is 4.90 Å². The van der Waals surface area contributed by atoms with Crippen LogP contribution in [-0.2, 0) is 4.79 Å². The van der Waals surface area contributed by atoms with Crippen molar-refractivity contribution in [3.63, 3.8) is 0 Å². The van der Waals surface area contributed by atoms with Gasteiger partial charge in [0.2, 0.25) is 0 Å². The van der Waals surface area contributed by atoms with E-state index >= 15 is 0 Å². The predicted octanol–water partition coefficient (Wildman–Crippen LogP) is 2.92. The summed E-state index contributed by atoms with van der Waals surface area (Å²) in [5, 5.41) is 0.958. The Bertz CT molecular complexity index is 510. The lowest BCUT2D eigenvalue weighted by atomic mass is 10.3. The molecule has 116 valence electrons. The molecule has 0 aliphatic carbocycles. The molecule has 1 fully saturated rings. The summed E-state index contributed by atoms with van der Waals surface area (Å²) < 4.78 is 5.69. The van der Waals surface area contributed by atoms with Gasteiger partial charge >= 0.3 is 0 Å². The first-order valence-corrected chi connectivity index (χ1v) is 7.82. The van der Waals surface area contributed by atoms with Gasteiger partial charge in [0.25, 0.3) is 5.91 Å². The molecule has 1 unspecified atom stereocenters. The van der Waals surface area contributed by atoms with E-state index in [4.69, 9.17) is 27.9 Å². The Morgan fingerprint density at radius 2 is 2.00 bits per heavy atom. The average molecular weight is 331 g/mol. The number of nitrogens with zero attached hydrogens (tertiary/aromatic N) is 2. The Balaban J connectivity index is 1.98. The molecule has 1 heterocycles. The Morgan fingerprint density at radius 3 is 2.71 bits per heavy atom. The lowest BCUT2D eigenvalue weighted by molar-refractivity contribution is -0.137. The van der Waals surface area contributed by atoms with Gasteiger partial charge in [0.15, 0.2) is 6.10 Å². The predicted molar refractivity (Wildman–Crippen MR) is 85.2 cm³/mol. The zero-order chi connectivity index (χ0) is 15.4. The first-order chi connectivity index (χ1) is 9.97. The molecular weight excluding hydrogens is 311 g/mol. The SMILES string of the molecule is CC(Oc1ccc(Cl)cc1Cl)C(=O)N1CCCN(C)CC1. The summed E-state index contributed by atoms with van der Waals surface area (Å²) in [6.07, 6.45) is 0.420. The van der Waals surface area contributed by atoms with Gasteiger partial charge in [-0.3, -0.25) is 4.79 Å². The summed E-state index contributed by atoms with van der Waals surface area (Å²) in [5.41, 5.74) is 0. The van der Waals surface area contributed by atoms with Crippen molar-refractivity contribution in [1.29, 1.82) is 0 Å². The second-order valence-electron chi connectivity index (χ2n) is 5.32. The van der Waals surface area contributed by atoms with Crippen molar-refractivity contribution in [2.75, 3.05) is 33.2 Å². The van der Waals surface area contributed by atoms with Gasteiger partial charge in [0.05, 0.1) is 5.02 Å². The average Bonchev–Trinajstić information content (AvgIpc) is 2.66. The van der Waals surface area contributed by atoms with E-state index in [0.717, 1.165) is 32.6 Å². The number of hydrogen-bond acceptors (Lipinski definition) is 3. The van der Waals surface area contributed by atoms with Crippen molar-refractivity contribution in [3.05, 3.63) is 28.2 Å². The number of rotatable bonds is 3. The number of carbonyl (C=O) groups is 1. The minimum atomic E-state index is -0.563. The zero-order valence-electron chi connectivity index (χ0n) is 12.3. The van der Waals surface area contributed by atoms with Crippen LogP contribution in [0.1, 0.15) is 13.3 Å². The molecule has 21 heavy (non-hydrogen) atoms. The molecule has 1 aromatic rings. The van der Waals surface area contributed by atoms with Gasteiger partial charge in [0.1, 0.15) is 5.75 Å². The third-order valence-corrected chi connectivity index (χ3v) is 4.11. The van der Waals surface area contributed by atoms with Gasteiger partial charge in [0, 0.05) is 24.7 Å². The fourth-order valence-electron chi connectivity index (χ4n) is 2.34. The van der Waals surface area contributed by atoms with Crippen molar-refractivity contribution < 1.29 is 9.53 Å². The van der Waals surface area contributed by atoms with Crippen LogP contribution in [0.25, 0.3) is 0 Å². The smallest absolute Gasteiger partial charge is 0.263 e. The van der Waals surface area contributed by atoms with E-state index in [9.17, 15) is 4.79 Å². The number of carbonyl (C=O) groups excluding carboxylic acids is 1. The van der Waals surface area contributed by atoms with Gasteiger partial charge in [-0.1, -0.05) is 23.2 Å². The maximum atomic E-state index is 12.5. The van der Waals surface area contributed by atoms with Gasteiger partial charge in [-0.25, -0.2) is 0 Å². The van der Waals surface area contributed by atoms with Crippen LogP contribution in [0.3, 0.4) is 0 Å². The molecule has 1 saturated heterocycles. The van der Waals surface area contributed by atoms with E-state index in [2.05, 4.69) is 11.9 Å². The van der Waals surface area contributed by atoms with Crippen LogP contribution in [0, 0.1) is 0 Å². The first kappa shape index (κ1) is 16.4. The molecule has 0 spiro atoms. The molecule has 4 nitrogen and oxygen atoms in total. The van der Waals surface area contributed by atoms with Gasteiger partial charge in [-0.05, 0) is 45.1 Å². The Labute approximate surface area is 135 Å². The van der Waals surface area contributed by atoms with E-state index in [1.165, 1.54) is 0 Å². The highest BCUT2D eigenvalue weighted by molar-refractivity contribution is 6.35. The van der Waals surface area contributed by atoms with Crippen LogP contribution >= 0.6 is 23.2 Å². The number of benzene rings is 1. The molecule has 0 bridgehead atoms. The van der Waals surface area contributed by atoms with Crippen molar-refractivity contribution in [1.82, 2.24) is 9.80 Å². The highest BCUT2D eigenvalue weighted by Crippen LogP contribution is 2.28. The van der Waals surface area contributed by atoms with Crippen molar-refractivity contribution in [2.45, 2.75) is 19.4 Å².